The molecule has 1 heterocycles. The third kappa shape index (κ3) is 9.11. The maximum absolute atomic E-state index is 13.1. The van der Waals surface area contributed by atoms with Crippen molar-refractivity contribution >= 4 is 17.6 Å². The smallest absolute Gasteiger partial charge is 0.318 e. The first-order chi connectivity index (χ1) is 16.5. The van der Waals surface area contributed by atoms with Crippen molar-refractivity contribution < 1.29 is 4.79 Å². The molecule has 0 aromatic heterocycles. The molecule has 2 aromatic rings. The van der Waals surface area contributed by atoms with Crippen LogP contribution in [0.25, 0.3) is 0 Å². The Morgan fingerprint density at radius 2 is 1.94 bits per heavy atom. The quantitative estimate of drug-likeness (QED) is 0.319. The molecule has 3 rings (SSSR count). The van der Waals surface area contributed by atoms with E-state index in [9.17, 15) is 4.79 Å². The second kappa shape index (κ2) is 14.1. The summed E-state index contributed by atoms with van der Waals surface area (Å²) in [4.78, 5) is 17.3. The summed E-state index contributed by atoms with van der Waals surface area (Å²) in [5.74, 6) is 0. The first kappa shape index (κ1) is 26.2. The first-order valence-electron chi connectivity index (χ1n) is 12.1. The number of benzene rings is 2. The fourth-order valence-electron chi connectivity index (χ4n) is 4.12. The molecule has 1 fully saturated rings. The van der Waals surface area contributed by atoms with E-state index >= 15 is 0 Å². The molecule has 2 amide bonds. The third-order valence-electron chi connectivity index (χ3n) is 5.98. The predicted octanol–water partition coefficient (Wildman–Crippen LogP) is 3.45. The number of aryl methyl sites for hydroxylation is 1. The number of nitrogens with one attached hydrogen (secondary N) is 3. The molecule has 0 radical (unpaired) electrons. The Morgan fingerprint density at radius 1 is 1.15 bits per heavy atom. The zero-order valence-electron chi connectivity index (χ0n) is 20.3. The zero-order chi connectivity index (χ0) is 24.2. The van der Waals surface area contributed by atoms with Gasteiger partial charge in [0.25, 0.3) is 0 Å². The van der Waals surface area contributed by atoms with Crippen LogP contribution in [0.15, 0.2) is 60.7 Å². The standard InChI is InChI=1S/C27H38ClN5O/c1-22-6-5-7-24(18-22)10-11-29-14-17-33(21-23(2)20-32-15-12-30-13-16-32)27(34)31-19-25-8-3-4-9-26(25)28/h3-9,18,29-30H,2,10-17,19-21H2,1H3,(H,31,34). The zero-order valence-corrected chi connectivity index (χ0v) is 21.0. The van der Waals surface area contributed by atoms with Crippen LogP contribution < -0.4 is 16.0 Å². The molecule has 0 unspecified atom stereocenters. The molecule has 0 bridgehead atoms. The normalized spacial score (nSPS) is 14.1. The van der Waals surface area contributed by atoms with Crippen molar-refractivity contribution in [2.24, 2.45) is 0 Å². The molecule has 0 saturated carbocycles. The minimum Gasteiger partial charge on any atom is -0.334 e. The summed E-state index contributed by atoms with van der Waals surface area (Å²) in [7, 11) is 0. The van der Waals surface area contributed by atoms with Crippen molar-refractivity contribution in [1.82, 2.24) is 25.8 Å². The first-order valence-corrected chi connectivity index (χ1v) is 12.5. The van der Waals surface area contributed by atoms with Crippen LogP contribution in [0.5, 0.6) is 0 Å². The summed E-state index contributed by atoms with van der Waals surface area (Å²) in [5.41, 5.74) is 4.57. The van der Waals surface area contributed by atoms with E-state index in [0.29, 0.717) is 24.7 Å². The molecular weight excluding hydrogens is 446 g/mol. The fourth-order valence-corrected chi connectivity index (χ4v) is 4.32. The molecule has 6 nitrogen and oxygen atoms in total. The van der Waals surface area contributed by atoms with Crippen LogP contribution >= 0.6 is 11.6 Å². The Kier molecular flexibility index (Phi) is 10.9. The maximum atomic E-state index is 13.1. The number of halogens is 1. The summed E-state index contributed by atoms with van der Waals surface area (Å²) >= 11 is 6.26. The highest BCUT2D eigenvalue weighted by Crippen LogP contribution is 2.14. The summed E-state index contributed by atoms with van der Waals surface area (Å²) in [6.07, 6.45) is 0.968. The molecule has 34 heavy (non-hydrogen) atoms. The van der Waals surface area contributed by atoms with E-state index in [4.69, 9.17) is 11.6 Å². The Morgan fingerprint density at radius 3 is 2.71 bits per heavy atom. The van der Waals surface area contributed by atoms with E-state index in [1.54, 1.807) is 0 Å². The van der Waals surface area contributed by atoms with Crippen LogP contribution in [0.2, 0.25) is 5.02 Å². The number of piperazine rings is 1. The number of hydrogen-bond donors (Lipinski definition) is 3. The van der Waals surface area contributed by atoms with Gasteiger partial charge in [0.15, 0.2) is 0 Å². The second-order valence-electron chi connectivity index (χ2n) is 8.94. The average molecular weight is 484 g/mol. The van der Waals surface area contributed by atoms with Crippen molar-refractivity contribution in [3.8, 4) is 0 Å². The lowest BCUT2D eigenvalue weighted by Crippen LogP contribution is -2.47. The molecule has 3 N–H and O–H groups in total. The number of urea groups is 1. The Hall–Kier alpha value is -2.38. The lowest BCUT2D eigenvalue weighted by atomic mass is 10.1. The van der Waals surface area contributed by atoms with Crippen molar-refractivity contribution in [2.45, 2.75) is 19.9 Å². The number of carbonyl (C=O) groups is 1. The highest BCUT2D eigenvalue weighted by atomic mass is 35.5. The summed E-state index contributed by atoms with van der Waals surface area (Å²) in [6, 6.07) is 16.1. The Bertz CT molecular complexity index is 929. The van der Waals surface area contributed by atoms with Gasteiger partial charge in [-0.1, -0.05) is 66.2 Å². The fraction of sp³-hybridized carbons (Fsp3) is 0.444. The monoisotopic (exact) mass is 483 g/mol. The van der Waals surface area contributed by atoms with Gasteiger partial charge in [-0.2, -0.15) is 0 Å². The van der Waals surface area contributed by atoms with E-state index in [1.807, 2.05) is 29.2 Å². The average Bonchev–Trinajstić information content (AvgIpc) is 2.83. The number of nitrogens with zero attached hydrogens (tertiary/aromatic N) is 2. The second-order valence-corrected chi connectivity index (χ2v) is 9.34. The van der Waals surface area contributed by atoms with Gasteiger partial charge in [-0.15, -0.1) is 0 Å². The molecular formula is C27H38ClN5O. The lowest BCUT2D eigenvalue weighted by molar-refractivity contribution is 0.198. The van der Waals surface area contributed by atoms with Gasteiger partial charge in [0.05, 0.1) is 0 Å². The molecule has 0 aliphatic carbocycles. The van der Waals surface area contributed by atoms with Crippen LogP contribution in [0.1, 0.15) is 16.7 Å². The van der Waals surface area contributed by atoms with Crippen molar-refractivity contribution in [3.05, 3.63) is 82.4 Å². The van der Waals surface area contributed by atoms with Crippen LogP contribution in [0.4, 0.5) is 4.79 Å². The van der Waals surface area contributed by atoms with Crippen LogP contribution in [0, 0.1) is 6.92 Å². The van der Waals surface area contributed by atoms with Gasteiger partial charge in [-0.25, -0.2) is 4.79 Å². The van der Waals surface area contributed by atoms with E-state index < -0.39 is 0 Å². The number of amides is 2. The highest BCUT2D eigenvalue weighted by Gasteiger charge is 2.17. The van der Waals surface area contributed by atoms with Gasteiger partial charge in [0, 0.05) is 63.9 Å². The summed E-state index contributed by atoms with van der Waals surface area (Å²) < 4.78 is 0. The summed E-state index contributed by atoms with van der Waals surface area (Å²) in [6.45, 7) is 14.4. The molecule has 7 heteroatoms. The molecule has 1 aliphatic heterocycles. The maximum Gasteiger partial charge on any atom is 0.318 e. The van der Waals surface area contributed by atoms with Gasteiger partial charge < -0.3 is 20.9 Å². The van der Waals surface area contributed by atoms with Gasteiger partial charge in [0.1, 0.15) is 0 Å². The Balaban J connectivity index is 1.49. The van der Waals surface area contributed by atoms with E-state index in [0.717, 1.165) is 63.4 Å². The highest BCUT2D eigenvalue weighted by molar-refractivity contribution is 6.31. The number of hydrogen-bond acceptors (Lipinski definition) is 4. The SMILES string of the molecule is C=C(CN1CCNCC1)CN(CCNCCc1cccc(C)c1)C(=O)NCc1ccccc1Cl. The molecule has 0 atom stereocenters. The van der Waals surface area contributed by atoms with E-state index in [-0.39, 0.29) is 6.03 Å². The van der Waals surface area contributed by atoms with Crippen molar-refractivity contribution in [1.29, 1.82) is 0 Å². The number of rotatable bonds is 12. The van der Waals surface area contributed by atoms with Gasteiger partial charge in [0.2, 0.25) is 0 Å². The predicted molar refractivity (Wildman–Crippen MR) is 141 cm³/mol. The molecule has 1 aliphatic rings. The molecule has 184 valence electrons. The van der Waals surface area contributed by atoms with Crippen LogP contribution in [0.3, 0.4) is 0 Å². The van der Waals surface area contributed by atoms with Gasteiger partial charge in [-0.05, 0) is 42.7 Å². The molecule has 2 aromatic carbocycles. The topological polar surface area (TPSA) is 59.6 Å². The molecule has 0 spiro atoms. The summed E-state index contributed by atoms with van der Waals surface area (Å²) in [5, 5.41) is 10.6. The van der Waals surface area contributed by atoms with Crippen molar-refractivity contribution in [3.63, 3.8) is 0 Å². The number of carbonyl (C=O) groups excluding carboxylic acids is 1. The lowest BCUT2D eigenvalue weighted by Gasteiger charge is -2.30. The Labute approximate surface area is 209 Å². The van der Waals surface area contributed by atoms with Crippen LogP contribution in [-0.4, -0.2) is 74.7 Å². The molecule has 1 saturated heterocycles. The van der Waals surface area contributed by atoms with E-state index in [1.165, 1.54) is 11.1 Å². The van der Waals surface area contributed by atoms with Gasteiger partial charge >= 0.3 is 6.03 Å². The van der Waals surface area contributed by atoms with E-state index in [2.05, 4.69) is 58.6 Å². The minimum absolute atomic E-state index is 0.0955. The van der Waals surface area contributed by atoms with Crippen molar-refractivity contribution in [2.75, 3.05) is 58.9 Å². The van der Waals surface area contributed by atoms with Gasteiger partial charge in [-0.3, -0.25) is 4.90 Å². The minimum atomic E-state index is -0.0955. The van der Waals surface area contributed by atoms with Crippen LogP contribution in [-0.2, 0) is 13.0 Å². The third-order valence-corrected chi connectivity index (χ3v) is 6.35. The largest absolute Gasteiger partial charge is 0.334 e.